The van der Waals surface area contributed by atoms with Gasteiger partial charge in [0.05, 0.1) is 6.04 Å². The number of amides is 1. The fraction of sp³-hybridized carbons (Fsp3) is 0.667. The lowest BCUT2D eigenvalue weighted by molar-refractivity contribution is 0.0233. The Labute approximate surface area is 109 Å². The zero-order valence-corrected chi connectivity index (χ0v) is 11.6. The summed E-state index contributed by atoms with van der Waals surface area (Å²) in [5, 5.41) is 0. The van der Waals surface area contributed by atoms with Gasteiger partial charge in [-0.2, -0.15) is 0 Å². The molecule has 0 aromatic carbocycles. The van der Waals surface area contributed by atoms with Crippen LogP contribution in [-0.2, 0) is 4.74 Å². The SMILES string of the molecule is C=CCC[C@]12C=C[C@H](C1)N(C(=O)OC(C)(C)C)C2. The molecule has 1 fully saturated rings. The third kappa shape index (κ3) is 2.60. The van der Waals surface area contributed by atoms with Gasteiger partial charge >= 0.3 is 6.09 Å². The zero-order valence-electron chi connectivity index (χ0n) is 11.6. The summed E-state index contributed by atoms with van der Waals surface area (Å²) in [5.74, 6) is 0. The summed E-state index contributed by atoms with van der Waals surface area (Å²) in [6, 6.07) is 0.227. The lowest BCUT2D eigenvalue weighted by Crippen LogP contribution is -2.41. The van der Waals surface area contributed by atoms with E-state index in [0.717, 1.165) is 25.8 Å². The van der Waals surface area contributed by atoms with Crippen molar-refractivity contribution in [2.24, 2.45) is 5.41 Å². The number of nitrogens with zero attached hydrogens (tertiary/aromatic N) is 1. The van der Waals surface area contributed by atoms with Gasteiger partial charge in [-0.05, 0) is 40.0 Å². The van der Waals surface area contributed by atoms with Crippen LogP contribution in [0, 0.1) is 5.41 Å². The van der Waals surface area contributed by atoms with E-state index in [9.17, 15) is 4.79 Å². The second kappa shape index (κ2) is 4.45. The van der Waals surface area contributed by atoms with Gasteiger partial charge in [0, 0.05) is 12.0 Å². The summed E-state index contributed by atoms with van der Waals surface area (Å²) in [6.45, 7) is 10.3. The second-order valence-corrected chi connectivity index (χ2v) is 6.43. The number of allylic oxidation sites excluding steroid dienone is 1. The first-order valence-electron chi connectivity index (χ1n) is 6.65. The number of rotatable bonds is 3. The largest absolute Gasteiger partial charge is 0.444 e. The first-order chi connectivity index (χ1) is 8.35. The van der Waals surface area contributed by atoms with Crippen molar-refractivity contribution in [1.82, 2.24) is 4.90 Å². The molecule has 100 valence electrons. The van der Waals surface area contributed by atoms with Gasteiger partial charge in [-0.3, -0.25) is 0 Å². The van der Waals surface area contributed by atoms with Crippen LogP contribution in [0.4, 0.5) is 4.79 Å². The molecule has 0 saturated carbocycles. The quantitative estimate of drug-likeness (QED) is 0.716. The molecule has 0 radical (unpaired) electrons. The number of hydrogen-bond donors (Lipinski definition) is 0. The van der Waals surface area contributed by atoms with Gasteiger partial charge < -0.3 is 9.64 Å². The van der Waals surface area contributed by atoms with Crippen molar-refractivity contribution in [3.8, 4) is 0 Å². The Morgan fingerprint density at radius 1 is 1.61 bits per heavy atom. The minimum Gasteiger partial charge on any atom is -0.444 e. The Balaban J connectivity index is 2.00. The number of likely N-dealkylation sites (tertiary alicyclic amines) is 1. The van der Waals surface area contributed by atoms with E-state index in [0.29, 0.717) is 0 Å². The van der Waals surface area contributed by atoms with E-state index in [4.69, 9.17) is 4.74 Å². The summed E-state index contributed by atoms with van der Waals surface area (Å²) in [6.07, 6.45) is 9.31. The lowest BCUT2D eigenvalue weighted by atomic mass is 9.84. The molecule has 1 heterocycles. The van der Waals surface area contributed by atoms with Gasteiger partial charge in [0.25, 0.3) is 0 Å². The molecule has 2 bridgehead atoms. The fourth-order valence-electron chi connectivity index (χ4n) is 2.83. The molecular formula is C15H23NO2. The summed E-state index contributed by atoms with van der Waals surface area (Å²) in [4.78, 5) is 14.0. The van der Waals surface area contributed by atoms with Crippen LogP contribution in [0.3, 0.4) is 0 Å². The van der Waals surface area contributed by atoms with Crippen molar-refractivity contribution < 1.29 is 9.53 Å². The van der Waals surface area contributed by atoms with E-state index in [1.807, 2.05) is 31.7 Å². The highest BCUT2D eigenvalue weighted by Gasteiger charge is 2.47. The van der Waals surface area contributed by atoms with Gasteiger partial charge in [0.15, 0.2) is 0 Å². The summed E-state index contributed by atoms with van der Waals surface area (Å²) >= 11 is 0. The molecule has 3 nitrogen and oxygen atoms in total. The van der Waals surface area contributed by atoms with E-state index in [2.05, 4.69) is 18.7 Å². The first kappa shape index (κ1) is 13.2. The fourth-order valence-corrected chi connectivity index (χ4v) is 2.83. The van der Waals surface area contributed by atoms with Crippen LogP contribution < -0.4 is 0 Å². The molecule has 0 aromatic rings. The topological polar surface area (TPSA) is 29.5 Å². The Bertz CT molecular complexity index is 380. The molecule has 2 aliphatic rings. The van der Waals surface area contributed by atoms with Gasteiger partial charge in [-0.1, -0.05) is 18.2 Å². The smallest absolute Gasteiger partial charge is 0.410 e. The number of carbonyl (C=O) groups is 1. The minimum absolute atomic E-state index is 0.162. The molecule has 1 aliphatic heterocycles. The molecule has 0 N–H and O–H groups in total. The van der Waals surface area contributed by atoms with Gasteiger partial charge in [-0.25, -0.2) is 4.79 Å². The first-order valence-corrected chi connectivity index (χ1v) is 6.65. The zero-order chi connectivity index (χ0) is 13.4. The number of fused-ring (bicyclic) bond motifs is 2. The molecule has 1 saturated heterocycles. The molecule has 1 amide bonds. The molecule has 3 heteroatoms. The van der Waals surface area contributed by atoms with E-state index < -0.39 is 5.60 Å². The molecule has 1 aliphatic carbocycles. The Morgan fingerprint density at radius 2 is 2.33 bits per heavy atom. The molecule has 18 heavy (non-hydrogen) atoms. The van der Waals surface area contributed by atoms with Crippen LogP contribution in [0.2, 0.25) is 0 Å². The average molecular weight is 249 g/mol. The van der Waals surface area contributed by atoms with Crippen molar-refractivity contribution in [1.29, 1.82) is 0 Å². The predicted octanol–water partition coefficient (Wildman–Crippen LogP) is 3.52. The van der Waals surface area contributed by atoms with Crippen LogP contribution in [0.1, 0.15) is 40.0 Å². The molecule has 0 aromatic heterocycles. The van der Waals surface area contributed by atoms with Crippen LogP contribution in [-0.4, -0.2) is 29.2 Å². The summed E-state index contributed by atoms with van der Waals surface area (Å²) in [7, 11) is 0. The monoisotopic (exact) mass is 249 g/mol. The maximum Gasteiger partial charge on any atom is 0.410 e. The Morgan fingerprint density at radius 3 is 2.94 bits per heavy atom. The highest BCUT2D eigenvalue weighted by Crippen LogP contribution is 2.46. The molecular weight excluding hydrogens is 226 g/mol. The number of ether oxygens (including phenoxy) is 1. The van der Waals surface area contributed by atoms with Gasteiger partial charge in [0.1, 0.15) is 5.60 Å². The van der Waals surface area contributed by atoms with E-state index in [1.165, 1.54) is 0 Å². The van der Waals surface area contributed by atoms with E-state index in [-0.39, 0.29) is 17.6 Å². The maximum atomic E-state index is 12.1. The van der Waals surface area contributed by atoms with Crippen molar-refractivity contribution in [2.75, 3.05) is 6.54 Å². The van der Waals surface area contributed by atoms with Crippen LogP contribution in [0.15, 0.2) is 24.8 Å². The van der Waals surface area contributed by atoms with Crippen molar-refractivity contribution in [2.45, 2.75) is 51.7 Å². The Kier molecular flexibility index (Phi) is 3.26. The molecule has 2 atom stereocenters. The van der Waals surface area contributed by atoms with Crippen LogP contribution >= 0.6 is 0 Å². The van der Waals surface area contributed by atoms with Gasteiger partial charge in [0.2, 0.25) is 0 Å². The summed E-state index contributed by atoms with van der Waals surface area (Å²) in [5.41, 5.74) is -0.257. The molecule has 0 spiro atoms. The average Bonchev–Trinajstić information content (AvgIpc) is 2.82. The number of carbonyl (C=O) groups excluding carboxylic acids is 1. The normalized spacial score (nSPS) is 29.7. The van der Waals surface area contributed by atoms with E-state index >= 15 is 0 Å². The van der Waals surface area contributed by atoms with Crippen molar-refractivity contribution in [3.05, 3.63) is 24.8 Å². The lowest BCUT2D eigenvalue weighted by Gasteiger charge is -2.30. The Hall–Kier alpha value is -1.25. The van der Waals surface area contributed by atoms with Crippen LogP contribution in [0.25, 0.3) is 0 Å². The van der Waals surface area contributed by atoms with Crippen LogP contribution in [0.5, 0.6) is 0 Å². The standard InChI is InChI=1S/C15H23NO2/c1-5-6-8-15-9-7-12(10-15)16(11-15)13(17)18-14(2,3)4/h5,7,9,12H,1,6,8,10-11H2,2-4H3/t12-,15+/m1/s1. The van der Waals surface area contributed by atoms with Gasteiger partial charge in [-0.15, -0.1) is 6.58 Å². The van der Waals surface area contributed by atoms with Crippen molar-refractivity contribution >= 4 is 6.09 Å². The maximum absolute atomic E-state index is 12.1. The van der Waals surface area contributed by atoms with E-state index in [1.54, 1.807) is 0 Å². The van der Waals surface area contributed by atoms with Crippen molar-refractivity contribution in [3.63, 3.8) is 0 Å². The second-order valence-electron chi connectivity index (χ2n) is 6.43. The highest BCUT2D eigenvalue weighted by molar-refractivity contribution is 5.70. The molecule has 0 unspecified atom stereocenters. The summed E-state index contributed by atoms with van der Waals surface area (Å²) < 4.78 is 5.46. The highest BCUT2D eigenvalue weighted by atomic mass is 16.6. The number of hydrogen-bond acceptors (Lipinski definition) is 2. The minimum atomic E-state index is -0.420. The predicted molar refractivity (Wildman–Crippen MR) is 72.3 cm³/mol. The molecule has 2 rings (SSSR count). The third-order valence-electron chi connectivity index (χ3n) is 3.65. The third-order valence-corrected chi connectivity index (χ3v) is 3.65.